The third-order valence-electron chi connectivity index (χ3n) is 3.35. The normalized spacial score (nSPS) is 24.7. The van der Waals surface area contributed by atoms with Crippen LogP contribution in [0, 0.1) is 5.41 Å². The minimum absolute atomic E-state index is 0.172. The maximum atomic E-state index is 5.66. The Labute approximate surface area is 122 Å². The standard InChI is InChI=1S/C14H22BrNOS/c1-13(2,3)16-9-14(4-5-17-10-14)7-12-6-11(15)8-18-12/h6,8,16H,4-5,7,9-10H2,1-3H3. The van der Waals surface area contributed by atoms with Gasteiger partial charge in [0.15, 0.2) is 0 Å². The predicted octanol–water partition coefficient (Wildman–Crippen LogP) is 3.85. The van der Waals surface area contributed by atoms with Gasteiger partial charge in [0.25, 0.3) is 0 Å². The summed E-state index contributed by atoms with van der Waals surface area (Å²) < 4.78 is 6.85. The smallest absolute Gasteiger partial charge is 0.0538 e. The Hall–Kier alpha value is 0.1000. The van der Waals surface area contributed by atoms with Crippen molar-refractivity contribution in [1.29, 1.82) is 0 Å². The lowest BCUT2D eigenvalue weighted by molar-refractivity contribution is 0.144. The van der Waals surface area contributed by atoms with Gasteiger partial charge in [-0.3, -0.25) is 0 Å². The predicted molar refractivity (Wildman–Crippen MR) is 81.3 cm³/mol. The molecule has 1 saturated heterocycles. The Morgan fingerprint density at radius 1 is 1.50 bits per heavy atom. The Bertz CT molecular complexity index is 391. The fraction of sp³-hybridized carbons (Fsp3) is 0.714. The molecule has 0 spiro atoms. The molecule has 1 unspecified atom stereocenters. The van der Waals surface area contributed by atoms with E-state index in [1.54, 1.807) is 0 Å². The first-order valence-corrected chi connectivity index (χ1v) is 8.12. The second-order valence-electron chi connectivity index (χ2n) is 6.31. The van der Waals surface area contributed by atoms with Gasteiger partial charge in [0.1, 0.15) is 0 Å². The molecule has 18 heavy (non-hydrogen) atoms. The minimum Gasteiger partial charge on any atom is -0.381 e. The van der Waals surface area contributed by atoms with Gasteiger partial charge in [0.05, 0.1) is 6.61 Å². The van der Waals surface area contributed by atoms with Crippen molar-refractivity contribution in [2.24, 2.45) is 5.41 Å². The first kappa shape index (κ1) is 14.5. The summed E-state index contributed by atoms with van der Waals surface area (Å²) in [5.74, 6) is 0. The van der Waals surface area contributed by atoms with Gasteiger partial charge in [0, 0.05) is 38.8 Å². The SMILES string of the molecule is CC(C)(C)NCC1(Cc2cc(Br)cs2)CCOC1. The Morgan fingerprint density at radius 3 is 2.78 bits per heavy atom. The molecule has 2 nitrogen and oxygen atoms in total. The van der Waals surface area contributed by atoms with E-state index in [0.717, 1.165) is 32.6 Å². The van der Waals surface area contributed by atoms with Crippen molar-refractivity contribution in [2.45, 2.75) is 39.2 Å². The van der Waals surface area contributed by atoms with Gasteiger partial charge in [-0.1, -0.05) is 0 Å². The van der Waals surface area contributed by atoms with Crippen molar-refractivity contribution in [3.8, 4) is 0 Å². The van der Waals surface area contributed by atoms with Crippen LogP contribution in [0.1, 0.15) is 32.1 Å². The van der Waals surface area contributed by atoms with Gasteiger partial charge in [-0.15, -0.1) is 11.3 Å². The van der Waals surface area contributed by atoms with Crippen LogP contribution in [0.2, 0.25) is 0 Å². The van der Waals surface area contributed by atoms with Crippen LogP contribution in [0.15, 0.2) is 15.9 Å². The molecule has 0 aliphatic carbocycles. The van der Waals surface area contributed by atoms with Crippen molar-refractivity contribution in [1.82, 2.24) is 5.32 Å². The van der Waals surface area contributed by atoms with Crippen LogP contribution >= 0.6 is 27.3 Å². The molecule has 1 N–H and O–H groups in total. The van der Waals surface area contributed by atoms with E-state index in [-0.39, 0.29) is 11.0 Å². The number of rotatable bonds is 4. The van der Waals surface area contributed by atoms with Crippen molar-refractivity contribution in [3.05, 3.63) is 20.8 Å². The first-order valence-electron chi connectivity index (χ1n) is 6.44. The molecule has 1 atom stereocenters. The maximum absolute atomic E-state index is 5.66. The lowest BCUT2D eigenvalue weighted by Crippen LogP contribution is -2.45. The molecule has 0 radical (unpaired) electrons. The lowest BCUT2D eigenvalue weighted by atomic mass is 9.82. The summed E-state index contributed by atoms with van der Waals surface area (Å²) in [5.41, 5.74) is 0.448. The zero-order chi connectivity index (χ0) is 13.2. The summed E-state index contributed by atoms with van der Waals surface area (Å²) in [6.07, 6.45) is 2.28. The number of ether oxygens (including phenoxy) is 1. The highest BCUT2D eigenvalue weighted by molar-refractivity contribution is 9.10. The topological polar surface area (TPSA) is 21.3 Å². The zero-order valence-corrected chi connectivity index (χ0v) is 13.8. The quantitative estimate of drug-likeness (QED) is 0.904. The lowest BCUT2D eigenvalue weighted by Gasteiger charge is -2.32. The molecule has 1 aromatic rings. The van der Waals surface area contributed by atoms with Gasteiger partial charge < -0.3 is 10.1 Å². The zero-order valence-electron chi connectivity index (χ0n) is 11.4. The number of thiophene rings is 1. The van der Waals surface area contributed by atoms with Crippen LogP contribution in [0.3, 0.4) is 0 Å². The highest BCUT2D eigenvalue weighted by atomic mass is 79.9. The van der Waals surface area contributed by atoms with Gasteiger partial charge in [-0.25, -0.2) is 0 Å². The van der Waals surface area contributed by atoms with Crippen LogP contribution in [0.4, 0.5) is 0 Å². The molecule has 2 heterocycles. The van der Waals surface area contributed by atoms with E-state index in [9.17, 15) is 0 Å². The number of halogens is 1. The van der Waals surface area contributed by atoms with Crippen molar-refractivity contribution >= 4 is 27.3 Å². The molecule has 0 saturated carbocycles. The van der Waals surface area contributed by atoms with Crippen molar-refractivity contribution in [3.63, 3.8) is 0 Å². The molecule has 4 heteroatoms. The summed E-state index contributed by atoms with van der Waals surface area (Å²) in [5, 5.41) is 5.81. The van der Waals surface area contributed by atoms with E-state index in [0.29, 0.717) is 0 Å². The fourth-order valence-corrected chi connectivity index (χ4v) is 3.88. The van der Waals surface area contributed by atoms with E-state index in [2.05, 4.69) is 53.5 Å². The summed E-state index contributed by atoms with van der Waals surface area (Å²) in [6.45, 7) is 9.48. The summed E-state index contributed by atoms with van der Waals surface area (Å²) in [6, 6.07) is 2.24. The van der Waals surface area contributed by atoms with E-state index in [4.69, 9.17) is 4.74 Å². The monoisotopic (exact) mass is 331 g/mol. The number of hydrogen-bond donors (Lipinski definition) is 1. The average Bonchev–Trinajstić information content (AvgIpc) is 2.86. The van der Waals surface area contributed by atoms with E-state index in [1.165, 1.54) is 9.35 Å². The van der Waals surface area contributed by atoms with Crippen LogP contribution < -0.4 is 5.32 Å². The molecule has 1 aliphatic rings. The van der Waals surface area contributed by atoms with Crippen molar-refractivity contribution in [2.75, 3.05) is 19.8 Å². The van der Waals surface area contributed by atoms with Gasteiger partial charge >= 0.3 is 0 Å². The second kappa shape index (κ2) is 5.61. The van der Waals surface area contributed by atoms with Crippen LogP contribution in [0.25, 0.3) is 0 Å². The molecular weight excluding hydrogens is 310 g/mol. The van der Waals surface area contributed by atoms with Crippen LogP contribution in [-0.4, -0.2) is 25.3 Å². The van der Waals surface area contributed by atoms with Gasteiger partial charge in [0.2, 0.25) is 0 Å². The maximum Gasteiger partial charge on any atom is 0.0538 e. The van der Waals surface area contributed by atoms with Crippen molar-refractivity contribution < 1.29 is 4.74 Å². The molecule has 0 amide bonds. The highest BCUT2D eigenvalue weighted by Gasteiger charge is 2.36. The third kappa shape index (κ3) is 4.05. The number of nitrogens with one attached hydrogen (secondary N) is 1. The third-order valence-corrected chi connectivity index (χ3v) is 5.05. The van der Waals surface area contributed by atoms with Crippen LogP contribution in [-0.2, 0) is 11.2 Å². The second-order valence-corrected chi connectivity index (χ2v) is 8.23. The highest BCUT2D eigenvalue weighted by Crippen LogP contribution is 2.35. The molecule has 1 fully saturated rings. The molecular formula is C14H22BrNOS. The molecule has 0 bridgehead atoms. The molecule has 102 valence electrons. The first-order chi connectivity index (χ1) is 8.39. The summed E-state index contributed by atoms with van der Waals surface area (Å²) in [4.78, 5) is 1.45. The summed E-state index contributed by atoms with van der Waals surface area (Å²) >= 11 is 5.37. The fourth-order valence-electron chi connectivity index (χ4n) is 2.26. The van der Waals surface area contributed by atoms with Gasteiger partial charge in [-0.2, -0.15) is 0 Å². The van der Waals surface area contributed by atoms with Gasteiger partial charge in [-0.05, 0) is 55.6 Å². The molecule has 1 aliphatic heterocycles. The van der Waals surface area contributed by atoms with Crippen LogP contribution in [0.5, 0.6) is 0 Å². The van der Waals surface area contributed by atoms with E-state index < -0.39 is 0 Å². The number of hydrogen-bond acceptors (Lipinski definition) is 3. The Balaban J connectivity index is 2.02. The average molecular weight is 332 g/mol. The molecule has 1 aromatic heterocycles. The largest absolute Gasteiger partial charge is 0.381 e. The summed E-state index contributed by atoms with van der Waals surface area (Å²) in [7, 11) is 0. The minimum atomic E-state index is 0.172. The Morgan fingerprint density at radius 2 is 2.28 bits per heavy atom. The molecule has 2 rings (SSSR count). The molecule has 0 aromatic carbocycles. The van der Waals surface area contributed by atoms with E-state index >= 15 is 0 Å². The van der Waals surface area contributed by atoms with E-state index in [1.807, 2.05) is 11.3 Å². The Kier molecular flexibility index (Phi) is 4.52.